The molecule has 0 atom stereocenters. The van der Waals surface area contributed by atoms with Crippen molar-refractivity contribution in [3.05, 3.63) is 16.2 Å². The second-order valence-corrected chi connectivity index (χ2v) is 2.40. The van der Waals surface area contributed by atoms with Gasteiger partial charge in [0.15, 0.2) is 0 Å². The number of isocyanates is 3. The highest BCUT2D eigenvalue weighted by molar-refractivity contribution is 5.75. The normalized spacial score (nSPS) is 10.5. The molecule has 0 bridgehead atoms. The van der Waals surface area contributed by atoms with E-state index in [1.807, 2.05) is 0 Å². The van der Waals surface area contributed by atoms with Crippen molar-refractivity contribution in [3.63, 3.8) is 0 Å². The fourth-order valence-electron chi connectivity index (χ4n) is 1.06. The first-order valence-corrected chi connectivity index (χ1v) is 4.28. The Morgan fingerprint density at radius 1 is 0.562 bits per heavy atom. The number of hydrogen-bond donors (Lipinski definition) is 0. The summed E-state index contributed by atoms with van der Waals surface area (Å²) in [6.45, 7) is 0. The van der Waals surface area contributed by atoms with Crippen molar-refractivity contribution in [2.24, 2.45) is 0 Å². The molecule has 0 saturated heterocycles. The van der Waals surface area contributed by atoms with Crippen molar-refractivity contribution < 1.29 is 14.4 Å². The van der Waals surface area contributed by atoms with Crippen LogP contribution in [-0.4, -0.2) is 29.2 Å². The van der Waals surface area contributed by atoms with Gasteiger partial charge in [-0.1, -0.05) is 38.5 Å². The van der Waals surface area contributed by atoms with Crippen molar-refractivity contribution in [3.8, 4) is 0 Å². The van der Waals surface area contributed by atoms with Crippen molar-refractivity contribution >= 4 is 29.2 Å². The number of hydrogen-bond acceptors (Lipinski definition) is 3. The first-order chi connectivity index (χ1) is 7.24. The lowest BCUT2D eigenvalue weighted by Gasteiger charge is -2.05. The molecule has 1 fully saturated rings. The van der Waals surface area contributed by atoms with Crippen LogP contribution >= 0.6 is 0 Å². The zero-order valence-corrected chi connectivity index (χ0v) is 9.81. The minimum absolute atomic E-state index is 0. The van der Waals surface area contributed by atoms with Crippen LogP contribution in [0, 0.1) is 0 Å². The predicted octanol–water partition coefficient (Wildman–Crippen LogP) is 1.63. The molecule has 0 N–H and O–H groups in total. The standard InChI is InChI=1S/C6H12.3CNO.Si/c1-2-4-6-5-3-1;3*2-1-3;/h1-6H2;;;;/q;3*-1;. The Morgan fingerprint density at radius 3 is 0.688 bits per heavy atom. The molecule has 0 unspecified atom stereocenters. The van der Waals surface area contributed by atoms with Gasteiger partial charge in [0, 0.05) is 11.0 Å². The van der Waals surface area contributed by atoms with Crippen LogP contribution in [0.3, 0.4) is 0 Å². The summed E-state index contributed by atoms with van der Waals surface area (Å²) in [6, 6.07) is 0. The van der Waals surface area contributed by atoms with Crippen molar-refractivity contribution in [2.45, 2.75) is 38.5 Å². The van der Waals surface area contributed by atoms with Gasteiger partial charge < -0.3 is 16.2 Å². The van der Waals surface area contributed by atoms with Crippen LogP contribution in [0.4, 0.5) is 0 Å². The summed E-state index contributed by atoms with van der Waals surface area (Å²) < 4.78 is 0. The van der Waals surface area contributed by atoms with Crippen LogP contribution in [0.1, 0.15) is 38.5 Å². The molecule has 1 rings (SSSR count). The van der Waals surface area contributed by atoms with Crippen molar-refractivity contribution in [1.29, 1.82) is 0 Å². The molecular weight excluding hydrogens is 226 g/mol. The molecule has 0 aromatic heterocycles. The SMILES string of the molecule is C1CCCCC1.[N-]=C=O.[N-]=C=O.[N-]=C=O.[Si]. The summed E-state index contributed by atoms with van der Waals surface area (Å²) in [7, 11) is 0. The summed E-state index contributed by atoms with van der Waals surface area (Å²) in [5.41, 5.74) is 0. The van der Waals surface area contributed by atoms with Crippen LogP contribution in [0.5, 0.6) is 0 Å². The number of rotatable bonds is 0. The van der Waals surface area contributed by atoms with Crippen molar-refractivity contribution in [2.75, 3.05) is 0 Å². The topological polar surface area (TPSA) is 118 Å². The largest absolute Gasteiger partial charge is 0.724 e. The summed E-state index contributed by atoms with van der Waals surface area (Å²) in [5.74, 6) is 0. The van der Waals surface area contributed by atoms with E-state index < -0.39 is 0 Å². The average Bonchev–Trinajstić information content (AvgIpc) is 2.24. The summed E-state index contributed by atoms with van der Waals surface area (Å²) in [6.07, 6.45) is 10.5. The van der Waals surface area contributed by atoms with Crippen LogP contribution < -0.4 is 0 Å². The minimum Gasteiger partial charge on any atom is -0.724 e. The lowest BCUT2D eigenvalue weighted by molar-refractivity contribution is 0.504. The lowest BCUT2D eigenvalue weighted by Crippen LogP contribution is -1.85. The highest BCUT2D eigenvalue weighted by Gasteiger charge is 1.95. The molecule has 4 radical (unpaired) electrons. The Morgan fingerprint density at radius 2 is 0.625 bits per heavy atom. The lowest BCUT2D eigenvalue weighted by atomic mass is 10.0. The van der Waals surface area contributed by atoms with E-state index in [0.29, 0.717) is 18.2 Å². The monoisotopic (exact) mass is 238 g/mol. The molecule has 1 aliphatic carbocycles. The average molecular weight is 238 g/mol. The Kier molecular flexibility index (Phi) is 56.2. The Bertz CT molecular complexity index is 172. The van der Waals surface area contributed by atoms with Gasteiger partial charge in [0.05, 0.1) is 0 Å². The first kappa shape index (κ1) is 23.9. The van der Waals surface area contributed by atoms with Gasteiger partial charge in [-0.15, -0.1) is 0 Å². The summed E-state index contributed by atoms with van der Waals surface area (Å²) in [5, 5.41) is 20.3. The van der Waals surface area contributed by atoms with Crippen LogP contribution in [0.15, 0.2) is 0 Å². The molecule has 88 valence electrons. The molecule has 0 amide bonds. The van der Waals surface area contributed by atoms with E-state index in [4.69, 9.17) is 30.6 Å². The molecule has 0 aliphatic heterocycles. The molecular formula is C9H12N3O3Si-3. The van der Waals surface area contributed by atoms with Gasteiger partial charge in [-0.05, 0) is 18.2 Å². The van der Waals surface area contributed by atoms with Crippen molar-refractivity contribution in [1.82, 2.24) is 0 Å². The molecule has 0 aromatic rings. The Hall–Kier alpha value is -1.64. The molecule has 6 nitrogen and oxygen atoms in total. The molecule has 7 heteroatoms. The molecule has 0 spiro atoms. The second-order valence-electron chi connectivity index (χ2n) is 2.40. The fraction of sp³-hybridized carbons (Fsp3) is 0.667. The first-order valence-electron chi connectivity index (χ1n) is 4.28. The van der Waals surface area contributed by atoms with Gasteiger partial charge in [-0.25, -0.2) is 0 Å². The quantitative estimate of drug-likeness (QED) is 0.362. The second kappa shape index (κ2) is 37.7. The molecule has 1 aliphatic rings. The van der Waals surface area contributed by atoms with E-state index in [-0.39, 0.29) is 11.0 Å². The van der Waals surface area contributed by atoms with Crippen LogP contribution in [0.25, 0.3) is 16.2 Å². The third kappa shape index (κ3) is 84.0. The van der Waals surface area contributed by atoms with Gasteiger partial charge in [-0.2, -0.15) is 0 Å². The highest BCUT2D eigenvalue weighted by atomic mass is 28.1. The van der Waals surface area contributed by atoms with Crippen LogP contribution in [-0.2, 0) is 14.4 Å². The maximum Gasteiger partial charge on any atom is 0 e. The molecule has 1 saturated carbocycles. The smallest absolute Gasteiger partial charge is 0 e. The van der Waals surface area contributed by atoms with E-state index in [1.165, 1.54) is 38.5 Å². The van der Waals surface area contributed by atoms with Gasteiger partial charge in [0.1, 0.15) is 0 Å². The Balaban J connectivity index is -0.0000000637. The third-order valence-corrected chi connectivity index (χ3v) is 1.50. The van der Waals surface area contributed by atoms with E-state index in [1.54, 1.807) is 0 Å². The van der Waals surface area contributed by atoms with E-state index in [9.17, 15) is 0 Å². The van der Waals surface area contributed by atoms with Gasteiger partial charge >= 0.3 is 0 Å². The summed E-state index contributed by atoms with van der Waals surface area (Å²) in [4.78, 5) is 24.7. The predicted molar refractivity (Wildman–Crippen MR) is 60.6 cm³/mol. The highest BCUT2D eigenvalue weighted by Crippen LogP contribution is 2.15. The molecule has 16 heavy (non-hydrogen) atoms. The van der Waals surface area contributed by atoms with Gasteiger partial charge in [0.25, 0.3) is 0 Å². The van der Waals surface area contributed by atoms with E-state index in [2.05, 4.69) is 0 Å². The summed E-state index contributed by atoms with van der Waals surface area (Å²) >= 11 is 0. The maximum absolute atomic E-state index is 8.24. The van der Waals surface area contributed by atoms with Crippen LogP contribution in [0.2, 0.25) is 0 Å². The van der Waals surface area contributed by atoms with E-state index >= 15 is 0 Å². The van der Waals surface area contributed by atoms with E-state index in [0.717, 1.165) is 0 Å². The molecule has 0 heterocycles. The zero-order valence-electron chi connectivity index (χ0n) is 8.81. The molecule has 0 aromatic carbocycles. The zero-order chi connectivity index (χ0) is 12.4. The fourth-order valence-corrected chi connectivity index (χ4v) is 1.06. The Labute approximate surface area is 99.0 Å². The minimum atomic E-state index is 0. The van der Waals surface area contributed by atoms with Gasteiger partial charge in [-0.3, -0.25) is 14.4 Å². The maximum atomic E-state index is 8.24. The number of nitrogens with zero attached hydrogens (tertiary/aromatic N) is 3. The van der Waals surface area contributed by atoms with Gasteiger partial charge in [0.2, 0.25) is 0 Å². The third-order valence-electron chi connectivity index (χ3n) is 1.50. The number of carbonyl (C=O) groups excluding carboxylic acids is 3.